The third-order valence-corrected chi connectivity index (χ3v) is 3.78. The highest BCUT2D eigenvalue weighted by atomic mass is 35.5. The van der Waals surface area contributed by atoms with E-state index in [1.54, 1.807) is 0 Å². The first kappa shape index (κ1) is 18.9. The second-order valence-electron chi connectivity index (χ2n) is 4.82. The number of hydrogen-bond donors (Lipinski definition) is 1. The SMILES string of the molecule is CCN1CCN(C(=O)[C@@H]2CC[C@H](CN)O2)CC1.Cl.Cl. The number of hydrogen-bond acceptors (Lipinski definition) is 4. The number of carbonyl (C=O) groups excluding carboxylic acids is 1. The predicted molar refractivity (Wildman–Crippen MR) is 80.1 cm³/mol. The fraction of sp³-hybridized carbons (Fsp3) is 0.917. The van der Waals surface area contributed by atoms with Gasteiger partial charge in [0.05, 0.1) is 6.10 Å². The molecule has 2 heterocycles. The van der Waals surface area contributed by atoms with Gasteiger partial charge in [-0.05, 0) is 19.4 Å². The van der Waals surface area contributed by atoms with Crippen molar-refractivity contribution in [2.75, 3.05) is 39.3 Å². The number of likely N-dealkylation sites (N-methyl/N-ethyl adjacent to an activating group) is 1. The van der Waals surface area contributed by atoms with Crippen molar-refractivity contribution in [3.8, 4) is 0 Å². The summed E-state index contributed by atoms with van der Waals surface area (Å²) in [7, 11) is 0. The fourth-order valence-electron chi connectivity index (χ4n) is 2.55. The van der Waals surface area contributed by atoms with Gasteiger partial charge >= 0.3 is 0 Å². The lowest BCUT2D eigenvalue weighted by atomic mass is 10.1. The van der Waals surface area contributed by atoms with Gasteiger partial charge in [0.2, 0.25) is 0 Å². The van der Waals surface area contributed by atoms with Crippen molar-refractivity contribution >= 4 is 30.7 Å². The van der Waals surface area contributed by atoms with E-state index in [0.29, 0.717) is 6.54 Å². The maximum atomic E-state index is 12.2. The molecule has 2 aliphatic rings. The quantitative estimate of drug-likeness (QED) is 0.824. The van der Waals surface area contributed by atoms with Crippen LogP contribution in [0.15, 0.2) is 0 Å². The van der Waals surface area contributed by atoms with E-state index < -0.39 is 0 Å². The van der Waals surface area contributed by atoms with E-state index in [1.807, 2.05) is 4.90 Å². The van der Waals surface area contributed by atoms with Gasteiger partial charge < -0.3 is 20.3 Å². The Kier molecular flexibility index (Phi) is 8.94. The zero-order valence-corrected chi connectivity index (χ0v) is 13.0. The molecule has 5 nitrogen and oxygen atoms in total. The monoisotopic (exact) mass is 313 g/mol. The molecule has 2 atom stereocenters. The van der Waals surface area contributed by atoms with Gasteiger partial charge in [-0.2, -0.15) is 0 Å². The van der Waals surface area contributed by atoms with Crippen molar-refractivity contribution in [1.82, 2.24) is 9.80 Å². The van der Waals surface area contributed by atoms with Crippen LogP contribution in [0.4, 0.5) is 0 Å². The summed E-state index contributed by atoms with van der Waals surface area (Å²) in [6.07, 6.45) is 1.59. The van der Waals surface area contributed by atoms with Crippen LogP contribution in [0.5, 0.6) is 0 Å². The van der Waals surface area contributed by atoms with Gasteiger partial charge in [0.15, 0.2) is 0 Å². The van der Waals surface area contributed by atoms with Crippen molar-refractivity contribution in [3.63, 3.8) is 0 Å². The lowest BCUT2D eigenvalue weighted by molar-refractivity contribution is -0.144. The maximum Gasteiger partial charge on any atom is 0.251 e. The largest absolute Gasteiger partial charge is 0.364 e. The standard InChI is InChI=1S/C12H23N3O2.2ClH/c1-2-14-5-7-15(8-6-14)12(16)11-4-3-10(9-13)17-11;;/h10-11H,2-9,13H2,1H3;2*1H/t10-,11+;;/m1../s1. The van der Waals surface area contributed by atoms with Crippen molar-refractivity contribution in [1.29, 1.82) is 0 Å². The number of piperazine rings is 1. The second kappa shape index (κ2) is 8.97. The molecule has 0 radical (unpaired) electrons. The van der Waals surface area contributed by atoms with Crippen molar-refractivity contribution in [2.24, 2.45) is 5.73 Å². The van der Waals surface area contributed by atoms with Crippen LogP contribution < -0.4 is 5.73 Å². The average molecular weight is 314 g/mol. The molecular weight excluding hydrogens is 289 g/mol. The molecule has 114 valence electrons. The van der Waals surface area contributed by atoms with E-state index in [1.165, 1.54) is 0 Å². The average Bonchev–Trinajstić information content (AvgIpc) is 2.87. The molecule has 19 heavy (non-hydrogen) atoms. The van der Waals surface area contributed by atoms with E-state index in [0.717, 1.165) is 45.6 Å². The number of carbonyl (C=O) groups is 1. The summed E-state index contributed by atoms with van der Waals surface area (Å²) in [5.74, 6) is 0.164. The highest BCUT2D eigenvalue weighted by Gasteiger charge is 2.33. The first-order valence-corrected chi connectivity index (χ1v) is 6.61. The van der Waals surface area contributed by atoms with Crippen molar-refractivity contribution < 1.29 is 9.53 Å². The molecule has 2 rings (SSSR count). The molecule has 0 aliphatic carbocycles. The predicted octanol–water partition coefficient (Wildman–Crippen LogP) is 0.500. The highest BCUT2D eigenvalue weighted by Crippen LogP contribution is 2.21. The van der Waals surface area contributed by atoms with Gasteiger partial charge in [0.25, 0.3) is 5.91 Å². The zero-order valence-electron chi connectivity index (χ0n) is 11.4. The molecule has 1 amide bonds. The summed E-state index contributed by atoms with van der Waals surface area (Å²) in [6, 6.07) is 0. The summed E-state index contributed by atoms with van der Waals surface area (Å²) < 4.78 is 5.65. The molecule has 2 N–H and O–H groups in total. The van der Waals surface area contributed by atoms with Gasteiger partial charge in [-0.15, -0.1) is 24.8 Å². The van der Waals surface area contributed by atoms with Gasteiger partial charge in [-0.3, -0.25) is 4.79 Å². The molecule has 0 aromatic rings. The van der Waals surface area contributed by atoms with Crippen LogP contribution in [0.25, 0.3) is 0 Å². The second-order valence-corrected chi connectivity index (χ2v) is 4.82. The fourth-order valence-corrected chi connectivity index (χ4v) is 2.55. The number of amides is 1. The number of nitrogens with two attached hydrogens (primary N) is 1. The first-order chi connectivity index (χ1) is 8.24. The zero-order chi connectivity index (χ0) is 12.3. The topological polar surface area (TPSA) is 58.8 Å². The summed E-state index contributed by atoms with van der Waals surface area (Å²) in [4.78, 5) is 16.5. The molecule has 0 unspecified atom stereocenters. The van der Waals surface area contributed by atoms with E-state index >= 15 is 0 Å². The molecule has 0 aromatic carbocycles. The minimum atomic E-state index is -0.239. The minimum absolute atomic E-state index is 0. The third-order valence-electron chi connectivity index (χ3n) is 3.78. The summed E-state index contributed by atoms with van der Waals surface area (Å²) in [5, 5.41) is 0. The Morgan fingerprint density at radius 3 is 2.32 bits per heavy atom. The molecule has 2 fully saturated rings. The maximum absolute atomic E-state index is 12.2. The van der Waals surface area contributed by atoms with Crippen LogP contribution in [0, 0.1) is 0 Å². The normalized spacial score (nSPS) is 27.6. The number of nitrogens with zero attached hydrogens (tertiary/aromatic N) is 2. The lowest BCUT2D eigenvalue weighted by Gasteiger charge is -2.35. The smallest absolute Gasteiger partial charge is 0.251 e. The van der Waals surface area contributed by atoms with Gasteiger partial charge in [-0.1, -0.05) is 6.92 Å². The van der Waals surface area contributed by atoms with E-state index in [2.05, 4.69) is 11.8 Å². The van der Waals surface area contributed by atoms with Crippen molar-refractivity contribution in [3.05, 3.63) is 0 Å². The number of halogens is 2. The first-order valence-electron chi connectivity index (χ1n) is 6.61. The van der Waals surface area contributed by atoms with Crippen LogP contribution in [0.2, 0.25) is 0 Å². The Morgan fingerprint density at radius 2 is 1.84 bits per heavy atom. The van der Waals surface area contributed by atoms with Crippen LogP contribution in [0.1, 0.15) is 19.8 Å². The van der Waals surface area contributed by atoms with Crippen LogP contribution in [-0.2, 0) is 9.53 Å². The van der Waals surface area contributed by atoms with E-state index in [-0.39, 0.29) is 42.9 Å². The summed E-state index contributed by atoms with van der Waals surface area (Å²) in [5.41, 5.74) is 5.55. The Hall–Kier alpha value is -0.0700. The van der Waals surface area contributed by atoms with Crippen molar-refractivity contribution in [2.45, 2.75) is 32.0 Å². The van der Waals surface area contributed by atoms with Crippen LogP contribution >= 0.6 is 24.8 Å². The molecule has 0 spiro atoms. The number of ether oxygens (including phenoxy) is 1. The highest BCUT2D eigenvalue weighted by molar-refractivity contribution is 5.85. The minimum Gasteiger partial charge on any atom is -0.364 e. The molecule has 7 heteroatoms. The van der Waals surface area contributed by atoms with Crippen LogP contribution in [0.3, 0.4) is 0 Å². The number of rotatable bonds is 3. The Labute approximate surface area is 127 Å². The van der Waals surface area contributed by atoms with Gasteiger partial charge in [0, 0.05) is 32.7 Å². The third kappa shape index (κ3) is 4.76. The summed E-state index contributed by atoms with van der Waals surface area (Å²) >= 11 is 0. The van der Waals surface area contributed by atoms with Crippen LogP contribution in [-0.4, -0.2) is 67.2 Å². The van der Waals surface area contributed by atoms with E-state index in [9.17, 15) is 4.79 Å². The molecule has 2 saturated heterocycles. The Bertz CT molecular complexity index is 274. The summed E-state index contributed by atoms with van der Waals surface area (Å²) in [6.45, 7) is 7.37. The van der Waals surface area contributed by atoms with E-state index in [4.69, 9.17) is 10.5 Å². The Morgan fingerprint density at radius 1 is 1.21 bits per heavy atom. The molecule has 0 aromatic heterocycles. The molecule has 2 aliphatic heterocycles. The molecular formula is C12H25Cl2N3O2. The van der Waals surface area contributed by atoms with Gasteiger partial charge in [0.1, 0.15) is 6.10 Å². The molecule has 0 saturated carbocycles. The Balaban J connectivity index is 0.00000162. The lowest BCUT2D eigenvalue weighted by Crippen LogP contribution is -2.51. The molecule has 0 bridgehead atoms. The van der Waals surface area contributed by atoms with Gasteiger partial charge in [-0.25, -0.2) is 0 Å².